The Kier molecular flexibility index (Phi) is 5.58. The second kappa shape index (κ2) is 7.24. The molecule has 1 heterocycles. The molecule has 1 aromatic carbocycles. The number of benzene rings is 1. The van der Waals surface area contributed by atoms with E-state index >= 15 is 0 Å². The van der Waals surface area contributed by atoms with Crippen molar-refractivity contribution < 1.29 is 13.2 Å². The number of amides is 1. The Hall–Kier alpha value is -1.40. The molecule has 6 heteroatoms. The molecule has 0 unspecified atom stereocenters. The number of nitrogens with one attached hydrogen (secondary N) is 1. The summed E-state index contributed by atoms with van der Waals surface area (Å²) < 4.78 is 23.2. The predicted octanol–water partition coefficient (Wildman–Crippen LogP) is 1.55. The van der Waals surface area contributed by atoms with E-state index in [4.69, 9.17) is 0 Å². The normalized spacial score (nSPS) is 16.7. The number of rotatable bonds is 5. The number of sulfone groups is 1. The molecule has 0 radical (unpaired) electrons. The maximum absolute atomic E-state index is 12.5. The van der Waals surface area contributed by atoms with Crippen molar-refractivity contribution in [2.24, 2.45) is 5.92 Å². The number of hydrogen-bond donors (Lipinski definition) is 1. The molecule has 0 saturated carbocycles. The molecule has 0 spiro atoms. The van der Waals surface area contributed by atoms with Gasteiger partial charge < -0.3 is 10.2 Å². The fourth-order valence-electron chi connectivity index (χ4n) is 2.73. The first-order chi connectivity index (χ1) is 10.4. The summed E-state index contributed by atoms with van der Waals surface area (Å²) >= 11 is 0. The van der Waals surface area contributed by atoms with E-state index in [-0.39, 0.29) is 10.8 Å². The average molecular weight is 324 g/mol. The van der Waals surface area contributed by atoms with E-state index < -0.39 is 9.84 Å². The number of piperidine rings is 1. The average Bonchev–Trinajstić information content (AvgIpc) is 2.52. The fourth-order valence-corrected chi connectivity index (χ4v) is 3.40. The zero-order valence-electron chi connectivity index (χ0n) is 13.2. The standard InChI is InChI=1S/C16H24N2O3S/c1-3-17-12-13-7-9-18(10-8-13)16(19)14-5-4-6-15(11-14)22(2,20)21/h4-6,11,13,17H,3,7-10,12H2,1-2H3. The van der Waals surface area contributed by atoms with E-state index in [1.54, 1.807) is 12.1 Å². The Morgan fingerprint density at radius 2 is 2.00 bits per heavy atom. The summed E-state index contributed by atoms with van der Waals surface area (Å²) in [5.41, 5.74) is 0.452. The number of hydrogen-bond acceptors (Lipinski definition) is 4. The van der Waals surface area contributed by atoms with Gasteiger partial charge in [0.05, 0.1) is 4.90 Å². The largest absolute Gasteiger partial charge is 0.339 e. The van der Waals surface area contributed by atoms with E-state index in [2.05, 4.69) is 12.2 Å². The van der Waals surface area contributed by atoms with Crippen molar-refractivity contribution in [3.63, 3.8) is 0 Å². The van der Waals surface area contributed by atoms with Crippen LogP contribution >= 0.6 is 0 Å². The molecule has 1 amide bonds. The van der Waals surface area contributed by atoms with E-state index in [9.17, 15) is 13.2 Å². The van der Waals surface area contributed by atoms with Crippen molar-refractivity contribution >= 4 is 15.7 Å². The lowest BCUT2D eigenvalue weighted by atomic mass is 9.96. The lowest BCUT2D eigenvalue weighted by Gasteiger charge is -2.32. The van der Waals surface area contributed by atoms with Crippen molar-refractivity contribution in [1.29, 1.82) is 0 Å². The predicted molar refractivity (Wildman–Crippen MR) is 86.7 cm³/mol. The van der Waals surface area contributed by atoms with Crippen LogP contribution in [0.3, 0.4) is 0 Å². The number of likely N-dealkylation sites (tertiary alicyclic amines) is 1. The Balaban J connectivity index is 2.01. The molecule has 22 heavy (non-hydrogen) atoms. The third-order valence-electron chi connectivity index (χ3n) is 4.09. The summed E-state index contributed by atoms with van der Waals surface area (Å²) in [5.74, 6) is 0.541. The van der Waals surface area contributed by atoms with Crippen molar-refractivity contribution in [2.45, 2.75) is 24.7 Å². The Morgan fingerprint density at radius 1 is 1.32 bits per heavy atom. The minimum atomic E-state index is -3.29. The lowest BCUT2D eigenvalue weighted by molar-refractivity contribution is 0.0690. The maximum atomic E-state index is 12.5. The SMILES string of the molecule is CCNCC1CCN(C(=O)c2cccc(S(C)(=O)=O)c2)CC1. The van der Waals surface area contributed by atoms with Crippen LogP contribution < -0.4 is 5.32 Å². The Labute approximate surface area is 132 Å². The molecule has 1 saturated heterocycles. The van der Waals surface area contributed by atoms with Gasteiger partial charge in [-0.2, -0.15) is 0 Å². The van der Waals surface area contributed by atoms with Gasteiger partial charge in [-0.1, -0.05) is 13.0 Å². The minimum Gasteiger partial charge on any atom is -0.339 e. The molecule has 1 aliphatic heterocycles. The molecule has 122 valence electrons. The van der Waals surface area contributed by atoms with Crippen LogP contribution in [0.2, 0.25) is 0 Å². The Morgan fingerprint density at radius 3 is 2.59 bits per heavy atom. The molecule has 0 aromatic heterocycles. The van der Waals surface area contributed by atoms with Crippen molar-refractivity contribution in [1.82, 2.24) is 10.2 Å². The zero-order chi connectivity index (χ0) is 16.2. The monoisotopic (exact) mass is 324 g/mol. The van der Waals surface area contributed by atoms with Gasteiger partial charge in [0.1, 0.15) is 0 Å². The highest BCUT2D eigenvalue weighted by atomic mass is 32.2. The van der Waals surface area contributed by atoms with Crippen LogP contribution in [-0.4, -0.2) is 51.7 Å². The number of carbonyl (C=O) groups excluding carboxylic acids is 1. The molecule has 1 aromatic rings. The summed E-state index contributed by atoms with van der Waals surface area (Å²) in [4.78, 5) is 14.5. The first-order valence-electron chi connectivity index (χ1n) is 7.72. The Bertz CT molecular complexity index is 620. The molecule has 1 fully saturated rings. The van der Waals surface area contributed by atoms with Crippen LogP contribution in [0.5, 0.6) is 0 Å². The van der Waals surface area contributed by atoms with Crippen LogP contribution in [0.25, 0.3) is 0 Å². The highest BCUT2D eigenvalue weighted by Gasteiger charge is 2.23. The highest BCUT2D eigenvalue weighted by molar-refractivity contribution is 7.90. The number of carbonyl (C=O) groups is 1. The minimum absolute atomic E-state index is 0.0765. The summed E-state index contributed by atoms with van der Waals surface area (Å²) in [6.07, 6.45) is 3.14. The summed E-state index contributed by atoms with van der Waals surface area (Å²) in [6, 6.07) is 6.31. The van der Waals surface area contributed by atoms with E-state index in [0.717, 1.165) is 45.3 Å². The zero-order valence-corrected chi connectivity index (χ0v) is 14.0. The second-order valence-corrected chi connectivity index (χ2v) is 7.86. The molecule has 2 rings (SSSR count). The van der Waals surface area contributed by atoms with Crippen LogP contribution in [0, 0.1) is 5.92 Å². The van der Waals surface area contributed by atoms with Gasteiger partial charge in [-0.3, -0.25) is 4.79 Å². The lowest BCUT2D eigenvalue weighted by Crippen LogP contribution is -2.40. The first kappa shape index (κ1) is 17.0. The molecule has 1 N–H and O–H groups in total. The van der Waals surface area contributed by atoms with Gasteiger partial charge >= 0.3 is 0 Å². The third kappa shape index (κ3) is 4.30. The highest BCUT2D eigenvalue weighted by Crippen LogP contribution is 2.19. The van der Waals surface area contributed by atoms with Crippen LogP contribution in [0.1, 0.15) is 30.1 Å². The van der Waals surface area contributed by atoms with Gasteiger partial charge in [0.25, 0.3) is 5.91 Å². The molecule has 0 atom stereocenters. The van der Waals surface area contributed by atoms with E-state index in [1.165, 1.54) is 12.1 Å². The molecular formula is C16H24N2O3S. The maximum Gasteiger partial charge on any atom is 0.253 e. The second-order valence-electron chi connectivity index (χ2n) is 5.84. The van der Waals surface area contributed by atoms with E-state index in [1.807, 2.05) is 4.90 Å². The molecule has 1 aliphatic rings. The van der Waals surface area contributed by atoms with Crippen molar-refractivity contribution in [3.8, 4) is 0 Å². The first-order valence-corrected chi connectivity index (χ1v) is 9.61. The summed E-state index contributed by atoms with van der Waals surface area (Å²) in [6.45, 7) is 5.53. The summed E-state index contributed by atoms with van der Waals surface area (Å²) in [5, 5.41) is 3.35. The molecule has 0 aliphatic carbocycles. The van der Waals surface area contributed by atoms with Crippen molar-refractivity contribution in [2.75, 3.05) is 32.4 Å². The van der Waals surface area contributed by atoms with Gasteiger partial charge in [-0.25, -0.2) is 8.42 Å². The number of nitrogens with zero attached hydrogens (tertiary/aromatic N) is 1. The topological polar surface area (TPSA) is 66.5 Å². The fraction of sp³-hybridized carbons (Fsp3) is 0.562. The van der Waals surface area contributed by atoms with Crippen LogP contribution in [0.15, 0.2) is 29.2 Å². The van der Waals surface area contributed by atoms with Crippen molar-refractivity contribution in [3.05, 3.63) is 29.8 Å². The molecular weight excluding hydrogens is 300 g/mol. The summed E-state index contributed by atoms with van der Waals surface area (Å²) in [7, 11) is -3.29. The van der Waals surface area contributed by atoms with E-state index in [0.29, 0.717) is 11.5 Å². The van der Waals surface area contributed by atoms with Gasteiger partial charge in [-0.15, -0.1) is 0 Å². The molecule has 0 bridgehead atoms. The van der Waals surface area contributed by atoms with Crippen LogP contribution in [0.4, 0.5) is 0 Å². The quantitative estimate of drug-likeness (QED) is 0.892. The van der Waals surface area contributed by atoms with Gasteiger partial charge in [-0.05, 0) is 50.0 Å². The van der Waals surface area contributed by atoms with Gasteiger partial charge in [0.15, 0.2) is 9.84 Å². The van der Waals surface area contributed by atoms with Gasteiger partial charge in [0, 0.05) is 24.9 Å². The smallest absolute Gasteiger partial charge is 0.253 e. The molecule has 5 nitrogen and oxygen atoms in total. The third-order valence-corrected chi connectivity index (χ3v) is 5.20. The van der Waals surface area contributed by atoms with Crippen LogP contribution in [-0.2, 0) is 9.84 Å². The van der Waals surface area contributed by atoms with Gasteiger partial charge in [0.2, 0.25) is 0 Å².